The molecule has 2 rings (SSSR count). The topological polar surface area (TPSA) is 3.24 Å². The van der Waals surface area contributed by atoms with Crippen molar-refractivity contribution in [3.8, 4) is 0 Å². The highest BCUT2D eigenvalue weighted by Gasteiger charge is 2.61. The van der Waals surface area contributed by atoms with Crippen molar-refractivity contribution in [2.75, 3.05) is 7.05 Å². The lowest BCUT2D eigenvalue weighted by Gasteiger charge is -2.33. The zero-order valence-corrected chi connectivity index (χ0v) is 9.02. The molecule has 1 nitrogen and oxygen atoms in total. The van der Waals surface area contributed by atoms with Crippen molar-refractivity contribution in [2.24, 2.45) is 11.8 Å². The van der Waals surface area contributed by atoms with Gasteiger partial charge in [0.15, 0.2) is 0 Å². The molecule has 0 aromatic heterocycles. The molecule has 1 heteroatoms. The highest BCUT2D eigenvalue weighted by atomic mass is 15.3. The zero-order valence-electron chi connectivity index (χ0n) is 9.02. The largest absolute Gasteiger partial charge is 0.295 e. The summed E-state index contributed by atoms with van der Waals surface area (Å²) in [7, 11) is 2.31. The summed E-state index contributed by atoms with van der Waals surface area (Å²) >= 11 is 0. The highest BCUT2D eigenvalue weighted by Crippen LogP contribution is 2.57. The number of fused-ring (bicyclic) bond motifs is 2. The minimum atomic E-state index is 0.494. The van der Waals surface area contributed by atoms with Crippen LogP contribution in [-0.4, -0.2) is 23.0 Å². The minimum Gasteiger partial charge on any atom is -0.295 e. The van der Waals surface area contributed by atoms with Crippen LogP contribution in [0.4, 0.5) is 0 Å². The summed E-state index contributed by atoms with van der Waals surface area (Å²) in [5.41, 5.74) is 0.988. The van der Waals surface area contributed by atoms with Gasteiger partial charge in [-0.25, -0.2) is 0 Å². The summed E-state index contributed by atoms with van der Waals surface area (Å²) < 4.78 is 0. The minimum absolute atomic E-state index is 0.494. The van der Waals surface area contributed by atoms with E-state index in [0.29, 0.717) is 11.1 Å². The Morgan fingerprint density at radius 2 is 1.33 bits per heavy atom. The van der Waals surface area contributed by atoms with Crippen LogP contribution in [0.1, 0.15) is 40.5 Å². The molecule has 4 unspecified atom stereocenters. The molecule has 2 saturated heterocycles. The molecule has 0 radical (unpaired) electrons. The molecule has 0 aromatic rings. The van der Waals surface area contributed by atoms with Crippen molar-refractivity contribution >= 4 is 0 Å². The van der Waals surface area contributed by atoms with Gasteiger partial charge in [-0.2, -0.15) is 0 Å². The van der Waals surface area contributed by atoms with Crippen LogP contribution in [0.2, 0.25) is 0 Å². The van der Waals surface area contributed by atoms with Gasteiger partial charge >= 0.3 is 0 Å². The zero-order chi connectivity index (χ0) is 9.15. The average Bonchev–Trinajstić information content (AvgIpc) is 2.33. The maximum atomic E-state index is 2.63. The molecule has 0 amide bonds. The molecule has 2 aliphatic rings. The van der Waals surface area contributed by atoms with Gasteiger partial charge in [0.2, 0.25) is 0 Å². The second kappa shape index (κ2) is 2.06. The fraction of sp³-hybridized carbons (Fsp3) is 1.00. The normalized spacial score (nSPS) is 59.8. The third-order valence-electron chi connectivity index (χ3n) is 5.38. The number of hydrogen-bond donors (Lipinski definition) is 0. The van der Waals surface area contributed by atoms with Crippen LogP contribution in [0.15, 0.2) is 0 Å². The molecule has 70 valence electrons. The first kappa shape index (κ1) is 8.55. The fourth-order valence-corrected chi connectivity index (χ4v) is 3.57. The first-order chi connectivity index (χ1) is 5.43. The molecular weight excluding hydrogens is 146 g/mol. The van der Waals surface area contributed by atoms with E-state index in [1.165, 1.54) is 12.8 Å². The van der Waals surface area contributed by atoms with E-state index in [1.54, 1.807) is 0 Å². The van der Waals surface area contributed by atoms with Crippen molar-refractivity contribution in [2.45, 2.75) is 51.6 Å². The van der Waals surface area contributed by atoms with E-state index >= 15 is 0 Å². The standard InChI is InChI=1S/C11H21N/c1-8-9(2)11(4)7-6-10(8,3)12(11)5/h8-9H,6-7H2,1-5H3. The molecule has 12 heavy (non-hydrogen) atoms. The Balaban J connectivity index is 2.43. The van der Waals surface area contributed by atoms with Gasteiger partial charge in [-0.15, -0.1) is 0 Å². The maximum Gasteiger partial charge on any atom is 0.0213 e. The Kier molecular flexibility index (Phi) is 1.47. The second-order valence-electron chi connectivity index (χ2n) is 5.35. The second-order valence-corrected chi connectivity index (χ2v) is 5.35. The van der Waals surface area contributed by atoms with Gasteiger partial charge in [-0.1, -0.05) is 13.8 Å². The molecule has 2 heterocycles. The highest BCUT2D eigenvalue weighted by molar-refractivity contribution is 5.16. The van der Waals surface area contributed by atoms with E-state index < -0.39 is 0 Å². The molecule has 0 aromatic carbocycles. The van der Waals surface area contributed by atoms with E-state index in [0.717, 1.165) is 11.8 Å². The lowest BCUT2D eigenvalue weighted by molar-refractivity contribution is 0.142. The summed E-state index contributed by atoms with van der Waals surface area (Å²) in [6.07, 6.45) is 2.79. The summed E-state index contributed by atoms with van der Waals surface area (Å²) in [4.78, 5) is 2.63. The summed E-state index contributed by atoms with van der Waals surface area (Å²) in [5, 5.41) is 0. The lowest BCUT2D eigenvalue weighted by Crippen LogP contribution is -2.42. The monoisotopic (exact) mass is 167 g/mol. The van der Waals surface area contributed by atoms with Gasteiger partial charge in [0, 0.05) is 11.1 Å². The van der Waals surface area contributed by atoms with Crippen molar-refractivity contribution in [1.82, 2.24) is 4.90 Å². The van der Waals surface area contributed by atoms with Crippen LogP contribution in [0, 0.1) is 11.8 Å². The summed E-state index contributed by atoms with van der Waals surface area (Å²) in [5.74, 6) is 1.72. The SMILES string of the molecule is CC1C(C)C2(C)CCC1(C)N2C. The predicted octanol–water partition coefficient (Wildman–Crippen LogP) is 2.52. The third-order valence-corrected chi connectivity index (χ3v) is 5.38. The summed E-state index contributed by atoms with van der Waals surface area (Å²) in [6.45, 7) is 9.72. The van der Waals surface area contributed by atoms with Crippen LogP contribution >= 0.6 is 0 Å². The van der Waals surface area contributed by atoms with E-state index in [2.05, 4.69) is 39.6 Å². The molecule has 0 spiro atoms. The quantitative estimate of drug-likeness (QED) is 0.536. The molecule has 0 N–H and O–H groups in total. The Labute approximate surface area is 76.1 Å². The molecule has 2 bridgehead atoms. The molecule has 0 saturated carbocycles. The van der Waals surface area contributed by atoms with Crippen molar-refractivity contribution in [3.05, 3.63) is 0 Å². The van der Waals surface area contributed by atoms with E-state index in [-0.39, 0.29) is 0 Å². The van der Waals surface area contributed by atoms with Crippen LogP contribution in [0.3, 0.4) is 0 Å². The van der Waals surface area contributed by atoms with E-state index in [4.69, 9.17) is 0 Å². The predicted molar refractivity (Wildman–Crippen MR) is 52.1 cm³/mol. The number of hydrogen-bond acceptors (Lipinski definition) is 1. The number of rotatable bonds is 0. The van der Waals surface area contributed by atoms with Gasteiger partial charge in [-0.3, -0.25) is 4.90 Å². The van der Waals surface area contributed by atoms with E-state index in [9.17, 15) is 0 Å². The van der Waals surface area contributed by atoms with Gasteiger partial charge < -0.3 is 0 Å². The molecule has 0 aliphatic carbocycles. The van der Waals surface area contributed by atoms with Gasteiger partial charge in [0.05, 0.1) is 0 Å². The Morgan fingerprint density at radius 3 is 1.50 bits per heavy atom. The first-order valence-electron chi connectivity index (χ1n) is 5.17. The Hall–Kier alpha value is -0.0400. The molecule has 4 atom stereocenters. The molecular formula is C11H21N. The molecule has 2 fully saturated rings. The van der Waals surface area contributed by atoms with E-state index in [1.807, 2.05) is 0 Å². The van der Waals surface area contributed by atoms with Gasteiger partial charge in [-0.05, 0) is 45.6 Å². The average molecular weight is 167 g/mol. The van der Waals surface area contributed by atoms with Crippen LogP contribution < -0.4 is 0 Å². The van der Waals surface area contributed by atoms with Crippen LogP contribution in [0.25, 0.3) is 0 Å². The Morgan fingerprint density at radius 1 is 1.00 bits per heavy atom. The van der Waals surface area contributed by atoms with Crippen molar-refractivity contribution in [3.63, 3.8) is 0 Å². The maximum absolute atomic E-state index is 2.63. The van der Waals surface area contributed by atoms with Crippen LogP contribution in [-0.2, 0) is 0 Å². The Bertz CT molecular complexity index is 191. The van der Waals surface area contributed by atoms with Crippen molar-refractivity contribution in [1.29, 1.82) is 0 Å². The summed E-state index contributed by atoms with van der Waals surface area (Å²) in [6, 6.07) is 0. The smallest absolute Gasteiger partial charge is 0.0213 e. The third kappa shape index (κ3) is 0.654. The first-order valence-corrected chi connectivity index (χ1v) is 5.17. The molecule has 2 aliphatic heterocycles. The lowest BCUT2D eigenvalue weighted by atomic mass is 9.69. The number of nitrogens with zero attached hydrogens (tertiary/aromatic N) is 1. The van der Waals surface area contributed by atoms with Gasteiger partial charge in [0.25, 0.3) is 0 Å². The van der Waals surface area contributed by atoms with Crippen molar-refractivity contribution < 1.29 is 0 Å². The van der Waals surface area contributed by atoms with Crippen LogP contribution in [0.5, 0.6) is 0 Å². The fourth-order valence-electron chi connectivity index (χ4n) is 3.57. The van der Waals surface area contributed by atoms with Gasteiger partial charge in [0.1, 0.15) is 0 Å².